The molecule has 0 aromatic rings. The smallest absolute Gasteiger partial charge is 0.193 e. The van der Waals surface area contributed by atoms with Crippen LogP contribution < -0.4 is 5.32 Å². The Bertz CT molecular complexity index is 295. The van der Waals surface area contributed by atoms with E-state index in [9.17, 15) is 0 Å². The van der Waals surface area contributed by atoms with Crippen LogP contribution in [0.5, 0.6) is 0 Å². The summed E-state index contributed by atoms with van der Waals surface area (Å²) in [6.45, 7) is 9.84. The number of aliphatic imine (C=N–C) groups is 1. The number of ether oxygens (including phenoxy) is 2. The second-order valence-corrected chi connectivity index (χ2v) is 6.18. The summed E-state index contributed by atoms with van der Waals surface area (Å²) in [7, 11) is 3.57. The average Bonchev–Trinajstić information content (AvgIpc) is 2.92. The highest BCUT2D eigenvalue weighted by Gasteiger charge is 2.24. The number of guanidine groups is 1. The highest BCUT2D eigenvalue weighted by atomic mass is 16.5. The summed E-state index contributed by atoms with van der Waals surface area (Å²) in [5.41, 5.74) is 0. The van der Waals surface area contributed by atoms with E-state index in [1.54, 1.807) is 7.11 Å². The van der Waals surface area contributed by atoms with Crippen LogP contribution in [0.25, 0.3) is 0 Å². The summed E-state index contributed by atoms with van der Waals surface area (Å²) in [5.74, 6) is 2.42. The fourth-order valence-corrected chi connectivity index (χ4v) is 2.60. The fourth-order valence-electron chi connectivity index (χ4n) is 2.60. The molecule has 1 N–H and O–H groups in total. The number of hydrogen-bond acceptors (Lipinski definition) is 3. The van der Waals surface area contributed by atoms with Gasteiger partial charge in [0.05, 0.1) is 19.8 Å². The van der Waals surface area contributed by atoms with Crippen molar-refractivity contribution in [3.05, 3.63) is 0 Å². The van der Waals surface area contributed by atoms with Crippen LogP contribution in [0.4, 0.5) is 0 Å². The first-order valence-corrected chi connectivity index (χ1v) is 8.19. The Labute approximate surface area is 130 Å². The van der Waals surface area contributed by atoms with Crippen molar-refractivity contribution < 1.29 is 9.47 Å². The summed E-state index contributed by atoms with van der Waals surface area (Å²) in [4.78, 5) is 6.75. The predicted octanol–water partition coefficient (Wildman–Crippen LogP) is 1.98. The third-order valence-electron chi connectivity index (χ3n) is 3.82. The lowest BCUT2D eigenvalue weighted by Crippen LogP contribution is -2.40. The van der Waals surface area contributed by atoms with Crippen LogP contribution in [-0.4, -0.2) is 64.5 Å². The van der Waals surface area contributed by atoms with Crippen LogP contribution in [0.3, 0.4) is 0 Å². The molecule has 0 radical (unpaired) electrons. The van der Waals surface area contributed by atoms with E-state index in [4.69, 9.17) is 9.47 Å². The van der Waals surface area contributed by atoms with Gasteiger partial charge in [-0.1, -0.05) is 13.8 Å². The molecule has 1 rings (SSSR count). The van der Waals surface area contributed by atoms with Crippen molar-refractivity contribution in [2.24, 2.45) is 16.8 Å². The first-order valence-electron chi connectivity index (χ1n) is 8.19. The van der Waals surface area contributed by atoms with Gasteiger partial charge in [0.15, 0.2) is 5.96 Å². The van der Waals surface area contributed by atoms with E-state index in [1.165, 1.54) is 19.3 Å². The third-order valence-corrected chi connectivity index (χ3v) is 3.82. The molecule has 1 aliphatic rings. The van der Waals surface area contributed by atoms with Gasteiger partial charge in [-0.05, 0) is 25.2 Å². The molecule has 1 saturated heterocycles. The second kappa shape index (κ2) is 10.9. The summed E-state index contributed by atoms with van der Waals surface area (Å²) < 4.78 is 10.6. The van der Waals surface area contributed by atoms with Crippen LogP contribution in [-0.2, 0) is 9.47 Å². The molecule has 1 unspecified atom stereocenters. The summed E-state index contributed by atoms with van der Waals surface area (Å²) in [6, 6.07) is 0. The van der Waals surface area contributed by atoms with Crippen LogP contribution in [0, 0.1) is 11.8 Å². The van der Waals surface area contributed by atoms with Gasteiger partial charge in [0.1, 0.15) is 0 Å². The molecule has 0 saturated carbocycles. The molecule has 0 aromatic heterocycles. The maximum Gasteiger partial charge on any atom is 0.193 e. The Morgan fingerprint density at radius 1 is 1.38 bits per heavy atom. The maximum absolute atomic E-state index is 5.63. The first kappa shape index (κ1) is 18.2. The summed E-state index contributed by atoms with van der Waals surface area (Å²) in [5, 5.41) is 3.48. The van der Waals surface area contributed by atoms with Crippen LogP contribution in [0.2, 0.25) is 0 Å². The minimum absolute atomic E-state index is 0.607. The zero-order chi connectivity index (χ0) is 15.5. The predicted molar refractivity (Wildman–Crippen MR) is 87.8 cm³/mol. The molecule has 0 aromatic carbocycles. The Balaban J connectivity index is 2.19. The molecule has 124 valence electrons. The minimum atomic E-state index is 0.607. The third kappa shape index (κ3) is 7.67. The standard InChI is InChI=1S/C16H33N3O2/c1-14(2)6-5-8-18-16(17-3)19-9-7-15(12-19)13-21-11-10-20-4/h14-15H,5-13H2,1-4H3,(H,17,18). The molecular formula is C16H33N3O2. The molecule has 0 spiro atoms. The van der Waals surface area contributed by atoms with Crippen LogP contribution in [0.1, 0.15) is 33.1 Å². The van der Waals surface area contributed by atoms with Gasteiger partial charge in [-0.15, -0.1) is 0 Å². The largest absolute Gasteiger partial charge is 0.382 e. The SMILES string of the molecule is CN=C(NCCCC(C)C)N1CCC(COCCOC)C1. The van der Waals surface area contributed by atoms with Gasteiger partial charge in [-0.2, -0.15) is 0 Å². The molecule has 1 atom stereocenters. The normalized spacial score (nSPS) is 19.6. The average molecular weight is 299 g/mol. The van der Waals surface area contributed by atoms with E-state index in [1.807, 2.05) is 7.05 Å². The quantitative estimate of drug-likeness (QED) is 0.402. The van der Waals surface area contributed by atoms with Gasteiger partial charge in [0, 0.05) is 39.7 Å². The highest BCUT2D eigenvalue weighted by Crippen LogP contribution is 2.16. The molecule has 1 aliphatic heterocycles. The molecule has 1 heterocycles. The van der Waals surface area contributed by atoms with Crippen molar-refractivity contribution >= 4 is 5.96 Å². The van der Waals surface area contributed by atoms with Crippen molar-refractivity contribution in [1.82, 2.24) is 10.2 Å². The molecule has 0 amide bonds. The number of nitrogens with one attached hydrogen (secondary N) is 1. The lowest BCUT2D eigenvalue weighted by Gasteiger charge is -2.22. The summed E-state index contributed by atoms with van der Waals surface area (Å²) in [6.07, 6.45) is 3.65. The van der Waals surface area contributed by atoms with E-state index in [0.29, 0.717) is 19.1 Å². The zero-order valence-corrected chi connectivity index (χ0v) is 14.2. The van der Waals surface area contributed by atoms with Crippen molar-refractivity contribution in [2.75, 3.05) is 53.6 Å². The molecule has 0 aliphatic carbocycles. The van der Waals surface area contributed by atoms with Gasteiger partial charge in [-0.3, -0.25) is 4.99 Å². The van der Waals surface area contributed by atoms with E-state index in [-0.39, 0.29) is 0 Å². The molecule has 5 heteroatoms. The number of methoxy groups -OCH3 is 1. The molecule has 5 nitrogen and oxygen atoms in total. The zero-order valence-electron chi connectivity index (χ0n) is 14.2. The topological polar surface area (TPSA) is 46.1 Å². The first-order chi connectivity index (χ1) is 10.2. The number of likely N-dealkylation sites (tertiary alicyclic amines) is 1. The number of rotatable bonds is 9. The van der Waals surface area contributed by atoms with Gasteiger partial charge < -0.3 is 19.7 Å². The molecule has 0 bridgehead atoms. The Morgan fingerprint density at radius 2 is 2.19 bits per heavy atom. The fraction of sp³-hybridized carbons (Fsp3) is 0.938. The van der Waals surface area contributed by atoms with Crippen LogP contribution in [0.15, 0.2) is 4.99 Å². The van der Waals surface area contributed by atoms with Gasteiger partial charge in [0.25, 0.3) is 0 Å². The molecule has 1 fully saturated rings. The Morgan fingerprint density at radius 3 is 2.86 bits per heavy atom. The van der Waals surface area contributed by atoms with Crippen molar-refractivity contribution in [3.63, 3.8) is 0 Å². The molecule has 21 heavy (non-hydrogen) atoms. The van der Waals surface area contributed by atoms with Crippen molar-refractivity contribution in [2.45, 2.75) is 33.1 Å². The minimum Gasteiger partial charge on any atom is -0.382 e. The molecular weight excluding hydrogens is 266 g/mol. The van der Waals surface area contributed by atoms with Crippen molar-refractivity contribution in [1.29, 1.82) is 0 Å². The number of hydrogen-bond donors (Lipinski definition) is 1. The monoisotopic (exact) mass is 299 g/mol. The number of nitrogens with zero attached hydrogens (tertiary/aromatic N) is 2. The van der Waals surface area contributed by atoms with Crippen molar-refractivity contribution in [3.8, 4) is 0 Å². The maximum atomic E-state index is 5.63. The Hall–Kier alpha value is -0.810. The van der Waals surface area contributed by atoms with Gasteiger partial charge >= 0.3 is 0 Å². The highest BCUT2D eigenvalue weighted by molar-refractivity contribution is 5.80. The van der Waals surface area contributed by atoms with Gasteiger partial charge in [0.2, 0.25) is 0 Å². The summed E-state index contributed by atoms with van der Waals surface area (Å²) >= 11 is 0. The van der Waals surface area contributed by atoms with E-state index in [0.717, 1.165) is 38.1 Å². The second-order valence-electron chi connectivity index (χ2n) is 6.18. The van der Waals surface area contributed by atoms with E-state index < -0.39 is 0 Å². The van der Waals surface area contributed by atoms with Crippen LogP contribution >= 0.6 is 0 Å². The Kier molecular flexibility index (Phi) is 9.42. The lowest BCUT2D eigenvalue weighted by molar-refractivity contribution is 0.0536. The van der Waals surface area contributed by atoms with E-state index >= 15 is 0 Å². The van der Waals surface area contributed by atoms with E-state index in [2.05, 4.69) is 29.1 Å². The van der Waals surface area contributed by atoms with Gasteiger partial charge in [-0.25, -0.2) is 0 Å². The lowest BCUT2D eigenvalue weighted by atomic mass is 10.1.